The number of nitrogens with zero attached hydrogens (tertiary/aromatic N) is 3. The molecule has 202 valence electrons. The van der Waals surface area contributed by atoms with Crippen LogP contribution in [0.25, 0.3) is 0 Å². The van der Waals surface area contributed by atoms with Crippen LogP contribution in [0.1, 0.15) is 48.4 Å². The molecule has 0 bridgehead atoms. The van der Waals surface area contributed by atoms with Crippen molar-refractivity contribution in [1.82, 2.24) is 14.1 Å². The van der Waals surface area contributed by atoms with Gasteiger partial charge in [0.1, 0.15) is 5.82 Å². The maximum Gasteiger partial charge on any atom is 0.243 e. The predicted molar refractivity (Wildman–Crippen MR) is 148 cm³/mol. The van der Waals surface area contributed by atoms with E-state index in [0.29, 0.717) is 19.6 Å². The van der Waals surface area contributed by atoms with Crippen LogP contribution in [0.4, 0.5) is 4.39 Å². The Morgan fingerprint density at radius 1 is 1.00 bits per heavy atom. The summed E-state index contributed by atoms with van der Waals surface area (Å²) in [7, 11) is -3.63. The maximum absolute atomic E-state index is 14.1. The largest absolute Gasteiger partial charge is 0.339 e. The number of benzene rings is 2. The molecule has 0 radical (unpaired) electrons. The number of thiophene rings is 1. The molecule has 1 amide bonds. The molecule has 6 nitrogen and oxygen atoms in total. The molecule has 1 aromatic heterocycles. The first-order valence-electron chi connectivity index (χ1n) is 13.0. The molecule has 0 aliphatic carbocycles. The van der Waals surface area contributed by atoms with E-state index in [4.69, 9.17) is 0 Å². The van der Waals surface area contributed by atoms with Gasteiger partial charge in [-0.15, -0.1) is 11.3 Å². The van der Waals surface area contributed by atoms with Gasteiger partial charge in [-0.2, -0.15) is 4.31 Å². The molecule has 3 aromatic rings. The first-order chi connectivity index (χ1) is 18.0. The predicted octanol–water partition coefficient (Wildman–Crippen LogP) is 4.67. The van der Waals surface area contributed by atoms with Gasteiger partial charge in [0, 0.05) is 37.6 Å². The van der Waals surface area contributed by atoms with E-state index in [9.17, 15) is 17.6 Å². The van der Waals surface area contributed by atoms with E-state index >= 15 is 0 Å². The van der Waals surface area contributed by atoms with Crippen LogP contribution >= 0.6 is 11.3 Å². The quantitative estimate of drug-likeness (QED) is 0.459. The molecular weight excluding hydrogens is 521 g/mol. The number of rotatable bonds is 5. The summed E-state index contributed by atoms with van der Waals surface area (Å²) in [6.07, 6.45) is 0.853. The van der Waals surface area contributed by atoms with Gasteiger partial charge in [0.05, 0.1) is 17.5 Å². The number of piperazine rings is 1. The first kappa shape index (κ1) is 27.0. The van der Waals surface area contributed by atoms with E-state index < -0.39 is 10.0 Å². The fraction of sp³-hybridized carbons (Fsp3) is 0.414. The van der Waals surface area contributed by atoms with Gasteiger partial charge in [-0.05, 0) is 64.2 Å². The minimum atomic E-state index is -3.63. The molecule has 1 saturated heterocycles. The smallest absolute Gasteiger partial charge is 0.243 e. The molecule has 2 aromatic carbocycles. The van der Waals surface area contributed by atoms with Crippen LogP contribution < -0.4 is 0 Å². The molecule has 1 atom stereocenters. The van der Waals surface area contributed by atoms with Crippen molar-refractivity contribution in [3.63, 3.8) is 0 Å². The molecule has 2 aliphatic rings. The highest BCUT2D eigenvalue weighted by Gasteiger charge is 2.34. The zero-order valence-corrected chi connectivity index (χ0v) is 23.7. The van der Waals surface area contributed by atoms with Gasteiger partial charge in [-0.25, -0.2) is 12.8 Å². The molecule has 0 saturated carbocycles. The Balaban J connectivity index is 1.25. The van der Waals surface area contributed by atoms with E-state index in [1.54, 1.807) is 40.5 Å². The third-order valence-corrected chi connectivity index (χ3v) is 10.4. The number of carbonyl (C=O) groups is 1. The molecule has 2 aliphatic heterocycles. The molecule has 1 fully saturated rings. The lowest BCUT2D eigenvalue weighted by molar-refractivity contribution is -0.134. The minimum Gasteiger partial charge on any atom is -0.339 e. The van der Waals surface area contributed by atoms with Gasteiger partial charge < -0.3 is 4.90 Å². The van der Waals surface area contributed by atoms with Crippen molar-refractivity contribution in [3.05, 3.63) is 87.4 Å². The molecule has 5 rings (SSSR count). The third kappa shape index (κ3) is 5.43. The summed E-state index contributed by atoms with van der Waals surface area (Å²) >= 11 is 1.70. The molecule has 3 heterocycles. The SMILES string of the molecule is CC(C)(C)c1ccc(S(=O)(=O)N2CCN(C(=O)CN3CCc4sccc4[C@@H]3c3cccc(F)c3)CC2)cc1. The molecular formula is C29H34FN3O3S2. The van der Waals surface area contributed by atoms with Gasteiger partial charge >= 0.3 is 0 Å². The second kappa shape index (κ2) is 10.5. The van der Waals surface area contributed by atoms with Crippen molar-refractivity contribution >= 4 is 27.3 Å². The minimum absolute atomic E-state index is 0.0309. The Bertz CT molecular complexity index is 1410. The number of amides is 1. The molecule has 0 unspecified atom stereocenters. The molecule has 0 N–H and O–H groups in total. The summed E-state index contributed by atoms with van der Waals surface area (Å²) in [4.78, 5) is 18.8. The lowest BCUT2D eigenvalue weighted by Gasteiger charge is -2.39. The number of sulfonamides is 1. The highest BCUT2D eigenvalue weighted by Crippen LogP contribution is 2.38. The monoisotopic (exact) mass is 555 g/mol. The number of hydrogen-bond donors (Lipinski definition) is 0. The number of carbonyl (C=O) groups excluding carboxylic acids is 1. The van der Waals surface area contributed by atoms with Crippen molar-refractivity contribution in [3.8, 4) is 0 Å². The van der Waals surface area contributed by atoms with Crippen LogP contribution in [-0.2, 0) is 26.7 Å². The van der Waals surface area contributed by atoms with E-state index in [-0.39, 0.29) is 47.7 Å². The zero-order valence-electron chi connectivity index (χ0n) is 22.1. The summed E-state index contributed by atoms with van der Waals surface area (Å²) in [5.74, 6) is -0.321. The standard InChI is InChI=1S/C29H34FN3O3S2/c1-29(2,3)22-7-9-24(10-8-22)38(35,36)33-16-14-31(15-17-33)27(34)20-32-13-11-26-25(12-18-37-26)28(32)21-5-4-6-23(30)19-21/h4-10,12,18-19,28H,11,13-17,20H2,1-3H3/t28-/m0/s1. The van der Waals surface area contributed by atoms with E-state index in [2.05, 4.69) is 37.1 Å². The van der Waals surface area contributed by atoms with Crippen LogP contribution in [0.15, 0.2) is 64.9 Å². The van der Waals surface area contributed by atoms with Gasteiger partial charge in [0.25, 0.3) is 0 Å². The van der Waals surface area contributed by atoms with Crippen molar-refractivity contribution in [2.75, 3.05) is 39.3 Å². The maximum atomic E-state index is 14.1. The average molecular weight is 556 g/mol. The molecule has 0 spiro atoms. The van der Waals surface area contributed by atoms with Crippen LogP contribution in [0.2, 0.25) is 0 Å². The summed E-state index contributed by atoms with van der Waals surface area (Å²) in [5, 5.41) is 2.05. The Morgan fingerprint density at radius 3 is 2.37 bits per heavy atom. The van der Waals surface area contributed by atoms with Gasteiger partial charge in [-0.1, -0.05) is 45.0 Å². The van der Waals surface area contributed by atoms with Gasteiger partial charge in [0.2, 0.25) is 15.9 Å². The fourth-order valence-electron chi connectivity index (χ4n) is 5.33. The summed E-state index contributed by atoms with van der Waals surface area (Å²) in [6.45, 7) is 8.41. The van der Waals surface area contributed by atoms with Crippen LogP contribution in [-0.4, -0.2) is 67.7 Å². The van der Waals surface area contributed by atoms with E-state index in [0.717, 1.165) is 23.1 Å². The molecule has 9 heteroatoms. The van der Waals surface area contributed by atoms with Crippen molar-refractivity contribution in [2.45, 2.75) is 43.5 Å². The number of halogens is 1. The van der Waals surface area contributed by atoms with Crippen LogP contribution in [0.3, 0.4) is 0 Å². The highest BCUT2D eigenvalue weighted by atomic mass is 32.2. The van der Waals surface area contributed by atoms with Crippen molar-refractivity contribution in [1.29, 1.82) is 0 Å². The number of hydrogen-bond acceptors (Lipinski definition) is 5. The normalized spacial score (nSPS) is 19.4. The van der Waals surface area contributed by atoms with E-state index in [1.165, 1.54) is 15.2 Å². The average Bonchev–Trinajstić information content (AvgIpc) is 3.37. The Kier molecular flexibility index (Phi) is 7.48. The lowest BCUT2D eigenvalue weighted by Crippen LogP contribution is -2.53. The third-order valence-electron chi connectivity index (χ3n) is 7.52. The van der Waals surface area contributed by atoms with Crippen LogP contribution in [0, 0.1) is 5.82 Å². The van der Waals surface area contributed by atoms with Crippen molar-refractivity contribution in [2.24, 2.45) is 0 Å². The summed E-state index contributed by atoms with van der Waals surface area (Å²) in [6, 6.07) is 15.6. The van der Waals surface area contributed by atoms with Gasteiger partial charge in [0.15, 0.2) is 0 Å². The van der Waals surface area contributed by atoms with E-state index in [1.807, 2.05) is 18.2 Å². The second-order valence-corrected chi connectivity index (χ2v) is 14.0. The Labute approximate surface area is 228 Å². The topological polar surface area (TPSA) is 60.9 Å². The molecule has 38 heavy (non-hydrogen) atoms. The summed E-state index contributed by atoms with van der Waals surface area (Å²) < 4.78 is 42.0. The summed E-state index contributed by atoms with van der Waals surface area (Å²) in [5.41, 5.74) is 3.00. The Hall–Kier alpha value is -2.59. The van der Waals surface area contributed by atoms with Crippen molar-refractivity contribution < 1.29 is 17.6 Å². The lowest BCUT2D eigenvalue weighted by atomic mass is 9.87. The van der Waals surface area contributed by atoms with Crippen LogP contribution in [0.5, 0.6) is 0 Å². The Morgan fingerprint density at radius 2 is 1.71 bits per heavy atom. The highest BCUT2D eigenvalue weighted by molar-refractivity contribution is 7.89. The second-order valence-electron chi connectivity index (χ2n) is 11.0. The zero-order chi connectivity index (χ0) is 27.1. The number of fused-ring (bicyclic) bond motifs is 1. The first-order valence-corrected chi connectivity index (χ1v) is 15.3. The van der Waals surface area contributed by atoms with Gasteiger partial charge in [-0.3, -0.25) is 9.69 Å². The fourth-order valence-corrected chi connectivity index (χ4v) is 7.66.